The fraction of sp³-hybridized carbons (Fsp3) is 0.227. The number of benzene rings is 2. The van der Waals surface area contributed by atoms with Gasteiger partial charge in [-0.1, -0.05) is 18.2 Å². The average Bonchev–Trinajstić information content (AvgIpc) is 2.65. The first-order chi connectivity index (χ1) is 13.4. The number of rotatable bonds is 7. The van der Waals surface area contributed by atoms with Crippen molar-refractivity contribution in [3.8, 4) is 11.8 Å². The lowest BCUT2D eigenvalue weighted by atomic mass is 10.1. The van der Waals surface area contributed by atoms with E-state index in [2.05, 4.69) is 5.32 Å². The molecule has 144 valence electrons. The second kappa shape index (κ2) is 9.93. The van der Waals surface area contributed by atoms with Crippen molar-refractivity contribution in [2.45, 2.75) is 20.8 Å². The highest BCUT2D eigenvalue weighted by Crippen LogP contribution is 2.16. The summed E-state index contributed by atoms with van der Waals surface area (Å²) in [6, 6.07) is 14.4. The molecule has 6 heteroatoms. The molecule has 1 amide bonds. The number of amides is 1. The summed E-state index contributed by atoms with van der Waals surface area (Å²) in [6.45, 7) is 5.80. The van der Waals surface area contributed by atoms with Crippen molar-refractivity contribution in [2.75, 3.05) is 18.5 Å². The molecule has 0 fully saturated rings. The number of ether oxygens (including phenoxy) is 2. The van der Waals surface area contributed by atoms with Crippen LogP contribution in [-0.2, 0) is 14.3 Å². The van der Waals surface area contributed by atoms with Crippen molar-refractivity contribution in [2.24, 2.45) is 0 Å². The van der Waals surface area contributed by atoms with Gasteiger partial charge in [0.1, 0.15) is 17.4 Å². The lowest BCUT2D eigenvalue weighted by Gasteiger charge is -2.08. The number of hydrogen-bond acceptors (Lipinski definition) is 5. The zero-order valence-corrected chi connectivity index (χ0v) is 16.1. The Hall–Kier alpha value is -3.59. The number of nitrogens with zero attached hydrogens (tertiary/aromatic N) is 1. The Balaban J connectivity index is 1.95. The highest BCUT2D eigenvalue weighted by Gasteiger charge is 2.13. The molecule has 0 aliphatic rings. The summed E-state index contributed by atoms with van der Waals surface area (Å²) < 4.78 is 10.3. The molecule has 2 aromatic rings. The summed E-state index contributed by atoms with van der Waals surface area (Å²) in [5.41, 5.74) is 3.11. The van der Waals surface area contributed by atoms with Crippen molar-refractivity contribution < 1.29 is 19.1 Å². The van der Waals surface area contributed by atoms with E-state index in [1.807, 2.05) is 39.0 Å². The van der Waals surface area contributed by atoms with Crippen LogP contribution in [0.15, 0.2) is 48.0 Å². The van der Waals surface area contributed by atoms with Gasteiger partial charge in [0.2, 0.25) is 0 Å². The Morgan fingerprint density at radius 3 is 2.32 bits per heavy atom. The zero-order valence-electron chi connectivity index (χ0n) is 16.1. The summed E-state index contributed by atoms with van der Waals surface area (Å²) >= 11 is 0. The van der Waals surface area contributed by atoms with E-state index in [0.29, 0.717) is 23.6 Å². The maximum Gasteiger partial charge on any atom is 0.349 e. The first-order valence-electron chi connectivity index (χ1n) is 8.81. The van der Waals surface area contributed by atoms with Crippen molar-refractivity contribution >= 4 is 23.6 Å². The van der Waals surface area contributed by atoms with Crippen LogP contribution in [0.3, 0.4) is 0 Å². The first-order valence-corrected chi connectivity index (χ1v) is 8.81. The van der Waals surface area contributed by atoms with Gasteiger partial charge in [-0.05, 0) is 67.8 Å². The van der Waals surface area contributed by atoms with E-state index in [1.165, 1.54) is 6.08 Å². The quantitative estimate of drug-likeness (QED) is 0.450. The molecule has 0 atom stereocenters. The molecule has 0 aliphatic heterocycles. The second-order valence-electron chi connectivity index (χ2n) is 6.17. The molecule has 0 aromatic heterocycles. The Morgan fingerprint density at radius 1 is 1.11 bits per heavy atom. The Kier molecular flexibility index (Phi) is 7.35. The van der Waals surface area contributed by atoms with Crippen LogP contribution >= 0.6 is 0 Å². The topological polar surface area (TPSA) is 88.4 Å². The maximum atomic E-state index is 12.1. The SMILES string of the molecule is CCOc1ccc(/C=C(\C#N)C(=O)OCC(=O)Nc2cc(C)cc(C)c2)cc1. The van der Waals surface area contributed by atoms with Gasteiger partial charge in [0.05, 0.1) is 6.61 Å². The molecule has 0 radical (unpaired) electrons. The van der Waals surface area contributed by atoms with Crippen LogP contribution in [-0.4, -0.2) is 25.1 Å². The number of esters is 1. The van der Waals surface area contributed by atoms with Crippen molar-refractivity contribution in [3.63, 3.8) is 0 Å². The number of nitriles is 1. The normalized spacial score (nSPS) is 10.7. The number of carbonyl (C=O) groups is 2. The number of carbonyl (C=O) groups excluding carboxylic acids is 2. The molecule has 0 bridgehead atoms. The molecule has 0 aliphatic carbocycles. The van der Waals surface area contributed by atoms with Crippen LogP contribution in [0.4, 0.5) is 5.69 Å². The van der Waals surface area contributed by atoms with Gasteiger partial charge in [-0.3, -0.25) is 4.79 Å². The van der Waals surface area contributed by atoms with E-state index >= 15 is 0 Å². The van der Waals surface area contributed by atoms with Crippen LogP contribution < -0.4 is 10.1 Å². The Labute approximate surface area is 164 Å². The molecular formula is C22H22N2O4. The molecule has 28 heavy (non-hydrogen) atoms. The van der Waals surface area contributed by atoms with Crippen LogP contribution in [0.2, 0.25) is 0 Å². The minimum absolute atomic E-state index is 0.191. The van der Waals surface area contributed by atoms with Gasteiger partial charge in [0, 0.05) is 5.69 Å². The summed E-state index contributed by atoms with van der Waals surface area (Å²) in [7, 11) is 0. The number of aryl methyl sites for hydroxylation is 2. The van der Waals surface area contributed by atoms with Gasteiger partial charge >= 0.3 is 5.97 Å². The monoisotopic (exact) mass is 378 g/mol. The first kappa shape index (κ1) is 20.7. The van der Waals surface area contributed by atoms with Gasteiger partial charge < -0.3 is 14.8 Å². The number of anilines is 1. The van der Waals surface area contributed by atoms with Crippen LogP contribution in [0.25, 0.3) is 6.08 Å². The van der Waals surface area contributed by atoms with Crippen molar-refractivity contribution in [1.29, 1.82) is 5.26 Å². The largest absolute Gasteiger partial charge is 0.494 e. The number of hydrogen-bond donors (Lipinski definition) is 1. The third-order valence-electron chi connectivity index (χ3n) is 3.68. The third kappa shape index (κ3) is 6.29. The Bertz CT molecular complexity index is 904. The molecule has 2 aromatic carbocycles. The predicted octanol–water partition coefficient (Wildman–Crippen LogP) is 3.79. The second-order valence-corrected chi connectivity index (χ2v) is 6.17. The van der Waals surface area contributed by atoms with E-state index in [4.69, 9.17) is 9.47 Å². The smallest absolute Gasteiger partial charge is 0.349 e. The van der Waals surface area contributed by atoms with Crippen LogP contribution in [0.5, 0.6) is 5.75 Å². The molecule has 1 N–H and O–H groups in total. The van der Waals surface area contributed by atoms with Crippen LogP contribution in [0.1, 0.15) is 23.6 Å². The Morgan fingerprint density at radius 2 is 1.75 bits per heavy atom. The zero-order chi connectivity index (χ0) is 20.5. The molecule has 0 heterocycles. The predicted molar refractivity (Wildman–Crippen MR) is 107 cm³/mol. The number of nitrogens with one attached hydrogen (secondary N) is 1. The van der Waals surface area contributed by atoms with Gasteiger partial charge in [-0.2, -0.15) is 5.26 Å². The molecule has 0 saturated heterocycles. The third-order valence-corrected chi connectivity index (χ3v) is 3.68. The summed E-state index contributed by atoms with van der Waals surface area (Å²) in [5, 5.41) is 11.9. The molecule has 0 saturated carbocycles. The molecular weight excluding hydrogens is 356 g/mol. The fourth-order valence-corrected chi connectivity index (χ4v) is 2.58. The summed E-state index contributed by atoms with van der Waals surface area (Å²) in [6.07, 6.45) is 1.40. The molecule has 0 unspecified atom stereocenters. The molecule has 6 nitrogen and oxygen atoms in total. The average molecular weight is 378 g/mol. The lowest BCUT2D eigenvalue weighted by Crippen LogP contribution is -2.21. The minimum atomic E-state index is -0.855. The summed E-state index contributed by atoms with van der Waals surface area (Å²) in [4.78, 5) is 24.1. The molecule has 2 rings (SSSR count). The summed E-state index contributed by atoms with van der Waals surface area (Å²) in [5.74, 6) is -0.632. The highest BCUT2D eigenvalue weighted by atomic mass is 16.5. The van der Waals surface area contributed by atoms with Crippen molar-refractivity contribution in [3.05, 3.63) is 64.7 Å². The van der Waals surface area contributed by atoms with Gasteiger partial charge in [-0.25, -0.2) is 4.79 Å². The van der Waals surface area contributed by atoms with E-state index in [1.54, 1.807) is 30.3 Å². The fourth-order valence-electron chi connectivity index (χ4n) is 2.58. The standard InChI is InChI=1S/C22H22N2O4/c1-4-27-20-7-5-17(6-8-20)12-18(13-23)22(26)28-14-21(25)24-19-10-15(2)9-16(3)11-19/h5-12H,4,14H2,1-3H3,(H,24,25)/b18-12+. The van der Waals surface area contributed by atoms with Crippen LogP contribution in [0, 0.1) is 25.2 Å². The molecule has 0 spiro atoms. The van der Waals surface area contributed by atoms with E-state index in [0.717, 1.165) is 11.1 Å². The lowest BCUT2D eigenvalue weighted by molar-refractivity contribution is -0.142. The van der Waals surface area contributed by atoms with Gasteiger partial charge in [0.25, 0.3) is 5.91 Å². The maximum absolute atomic E-state index is 12.1. The van der Waals surface area contributed by atoms with Crippen molar-refractivity contribution in [1.82, 2.24) is 0 Å². The highest BCUT2D eigenvalue weighted by molar-refractivity contribution is 6.00. The van der Waals surface area contributed by atoms with E-state index < -0.39 is 18.5 Å². The van der Waals surface area contributed by atoms with Gasteiger partial charge in [0.15, 0.2) is 6.61 Å². The van der Waals surface area contributed by atoms with E-state index in [9.17, 15) is 14.9 Å². The minimum Gasteiger partial charge on any atom is -0.494 e. The van der Waals surface area contributed by atoms with E-state index in [-0.39, 0.29) is 5.57 Å². The van der Waals surface area contributed by atoms with Gasteiger partial charge in [-0.15, -0.1) is 0 Å².